The van der Waals surface area contributed by atoms with Crippen molar-refractivity contribution in [1.29, 1.82) is 0 Å². The third-order valence-corrected chi connectivity index (χ3v) is 9.20. The van der Waals surface area contributed by atoms with E-state index in [1.165, 1.54) is 0 Å². The molecule has 0 radical (unpaired) electrons. The Balaban J connectivity index is 1.41. The molecule has 1 aliphatic carbocycles. The van der Waals surface area contributed by atoms with Crippen molar-refractivity contribution in [3.63, 3.8) is 0 Å². The Hall–Kier alpha value is -2.33. The molecule has 8 nitrogen and oxygen atoms in total. The lowest BCUT2D eigenvalue weighted by atomic mass is 9.77. The largest absolute Gasteiger partial charge is 0.611 e. The summed E-state index contributed by atoms with van der Waals surface area (Å²) in [4.78, 5) is 25.5. The molecule has 0 saturated heterocycles. The normalized spacial score (nSPS) is 20.7. The summed E-state index contributed by atoms with van der Waals surface area (Å²) in [7, 11) is 1.77. The highest BCUT2D eigenvalue weighted by molar-refractivity contribution is 7.91. The van der Waals surface area contributed by atoms with Gasteiger partial charge in [0.1, 0.15) is 11.4 Å². The Labute approximate surface area is 205 Å². The van der Waals surface area contributed by atoms with Crippen LogP contribution < -0.4 is 15.8 Å². The lowest BCUT2D eigenvalue weighted by molar-refractivity contribution is 0.143. The molecule has 4 heterocycles. The molecule has 10 heteroatoms. The average Bonchev–Trinajstić information content (AvgIpc) is 3.20. The molecular formula is C24H26ClN5O3S. The Kier molecular flexibility index (Phi) is 5.29. The van der Waals surface area contributed by atoms with Gasteiger partial charge in [0.25, 0.3) is 5.56 Å². The summed E-state index contributed by atoms with van der Waals surface area (Å²) in [6, 6.07) is 5.69. The minimum absolute atomic E-state index is 0.0119. The van der Waals surface area contributed by atoms with Crippen LogP contribution in [0, 0.1) is 0 Å². The molecule has 6 rings (SSSR count). The number of nitrogens with one attached hydrogen (secondary N) is 1. The molecule has 3 aliphatic rings. The summed E-state index contributed by atoms with van der Waals surface area (Å²) in [5.74, 6) is 1.64. The van der Waals surface area contributed by atoms with Crippen LogP contribution in [-0.4, -0.2) is 48.6 Å². The van der Waals surface area contributed by atoms with E-state index < -0.39 is 16.7 Å². The molecule has 1 aromatic carbocycles. The third kappa shape index (κ3) is 3.40. The number of aliphatic hydroxyl groups excluding tert-OH is 1. The molecule has 178 valence electrons. The maximum Gasteiger partial charge on any atom is 0.256 e. The van der Waals surface area contributed by atoms with Crippen LogP contribution in [0.2, 0.25) is 5.02 Å². The highest BCUT2D eigenvalue weighted by atomic mass is 35.5. The van der Waals surface area contributed by atoms with Crippen LogP contribution in [0.15, 0.2) is 27.9 Å². The first kappa shape index (κ1) is 22.2. The standard InChI is InChI=1S/C24H26ClN5O3S/c1-29-19-11-14(25)3-4-16(19)15-5-9-30(12-17(15)22(29)32)23-26-18-6-10-34(33)20(18)21(27-23)28-24(13-31)7-2-8-24/h3-4,11,31H,2,5-10,12-13H2,1H3,(H,26,27,28)/t34-/m1/s1. The summed E-state index contributed by atoms with van der Waals surface area (Å²) in [5, 5.41) is 15.0. The third-order valence-electron chi connectivity index (χ3n) is 7.51. The van der Waals surface area contributed by atoms with Gasteiger partial charge >= 0.3 is 0 Å². The zero-order valence-corrected chi connectivity index (χ0v) is 20.5. The summed E-state index contributed by atoms with van der Waals surface area (Å²) in [5.41, 5.74) is 2.99. The monoisotopic (exact) mass is 499 g/mol. The van der Waals surface area contributed by atoms with E-state index in [-0.39, 0.29) is 12.2 Å². The number of aryl methyl sites for hydroxylation is 2. The van der Waals surface area contributed by atoms with Crippen molar-refractivity contribution in [1.82, 2.24) is 14.5 Å². The van der Waals surface area contributed by atoms with E-state index in [1.807, 2.05) is 23.1 Å². The van der Waals surface area contributed by atoms with Crippen LogP contribution in [0.25, 0.3) is 10.9 Å². The summed E-state index contributed by atoms with van der Waals surface area (Å²) in [6.45, 7) is 1.09. The Morgan fingerprint density at radius 2 is 2.09 bits per heavy atom. The van der Waals surface area contributed by atoms with Crippen molar-refractivity contribution in [2.75, 3.05) is 29.1 Å². The fourth-order valence-electron chi connectivity index (χ4n) is 5.36. The maximum absolute atomic E-state index is 13.3. The number of hydrogen-bond acceptors (Lipinski definition) is 7. The molecule has 2 aromatic heterocycles. The van der Waals surface area contributed by atoms with Gasteiger partial charge in [-0.3, -0.25) is 4.79 Å². The molecule has 1 fully saturated rings. The Morgan fingerprint density at radius 1 is 1.26 bits per heavy atom. The van der Waals surface area contributed by atoms with Crippen LogP contribution in [0.5, 0.6) is 0 Å². The molecule has 0 spiro atoms. The molecule has 34 heavy (non-hydrogen) atoms. The van der Waals surface area contributed by atoms with Crippen LogP contribution in [0.1, 0.15) is 36.1 Å². The quantitative estimate of drug-likeness (QED) is 0.531. The number of aliphatic hydroxyl groups is 1. The molecule has 3 aromatic rings. The van der Waals surface area contributed by atoms with Crippen molar-refractivity contribution in [3.05, 3.63) is 50.4 Å². The van der Waals surface area contributed by atoms with E-state index in [2.05, 4.69) is 5.32 Å². The molecular weight excluding hydrogens is 474 g/mol. The lowest BCUT2D eigenvalue weighted by Gasteiger charge is -2.41. The molecule has 1 atom stereocenters. The SMILES string of the molecule is Cn1c(=O)c2c(c3ccc(Cl)cc31)CCN(c1nc3c(c(NC4(CO)CCC4)n1)[S@+]([O-])CC3)C2. The smallest absolute Gasteiger partial charge is 0.256 e. The van der Waals surface area contributed by atoms with E-state index in [4.69, 9.17) is 21.6 Å². The van der Waals surface area contributed by atoms with E-state index in [0.29, 0.717) is 53.4 Å². The van der Waals surface area contributed by atoms with Crippen LogP contribution in [-0.2, 0) is 37.6 Å². The predicted molar refractivity (Wildman–Crippen MR) is 133 cm³/mol. The van der Waals surface area contributed by atoms with Crippen molar-refractivity contribution in [3.8, 4) is 0 Å². The number of hydrogen-bond donors (Lipinski definition) is 2. The molecule has 1 saturated carbocycles. The molecule has 2 aliphatic heterocycles. The number of pyridine rings is 1. The zero-order valence-electron chi connectivity index (χ0n) is 18.9. The van der Waals surface area contributed by atoms with Gasteiger partial charge in [0.15, 0.2) is 5.82 Å². The molecule has 0 amide bonds. The van der Waals surface area contributed by atoms with Gasteiger partial charge in [-0.1, -0.05) is 17.7 Å². The van der Waals surface area contributed by atoms with E-state index in [1.54, 1.807) is 11.6 Å². The number of benzene rings is 1. The van der Waals surface area contributed by atoms with Gasteiger partial charge < -0.3 is 24.4 Å². The first-order valence-electron chi connectivity index (χ1n) is 11.6. The second kappa shape index (κ2) is 8.12. The second-order valence-corrected chi connectivity index (χ2v) is 11.5. The first-order valence-corrected chi connectivity index (χ1v) is 13.3. The average molecular weight is 500 g/mol. The zero-order chi connectivity index (χ0) is 23.6. The number of halogens is 1. The number of aromatic nitrogens is 3. The topological polar surface area (TPSA) is 106 Å². The minimum Gasteiger partial charge on any atom is -0.611 e. The lowest BCUT2D eigenvalue weighted by Crippen LogP contribution is -2.49. The van der Waals surface area contributed by atoms with E-state index in [0.717, 1.165) is 47.0 Å². The minimum atomic E-state index is -1.15. The summed E-state index contributed by atoms with van der Waals surface area (Å²) < 4.78 is 14.4. The van der Waals surface area contributed by atoms with Gasteiger partial charge in [-0.15, -0.1) is 0 Å². The highest BCUT2D eigenvalue weighted by Crippen LogP contribution is 2.39. The van der Waals surface area contributed by atoms with Gasteiger partial charge in [-0.05, 0) is 54.6 Å². The number of anilines is 2. The van der Waals surface area contributed by atoms with Crippen molar-refractivity contribution < 1.29 is 9.66 Å². The van der Waals surface area contributed by atoms with Crippen LogP contribution in [0.3, 0.4) is 0 Å². The van der Waals surface area contributed by atoms with Gasteiger partial charge in [0, 0.05) is 36.0 Å². The van der Waals surface area contributed by atoms with Crippen molar-refractivity contribution in [2.24, 2.45) is 7.05 Å². The fraction of sp³-hybridized carbons (Fsp3) is 0.458. The van der Waals surface area contributed by atoms with Crippen LogP contribution in [0.4, 0.5) is 11.8 Å². The maximum atomic E-state index is 13.3. The van der Waals surface area contributed by atoms with Gasteiger partial charge in [0.05, 0.1) is 24.2 Å². The molecule has 2 N–H and O–H groups in total. The summed E-state index contributed by atoms with van der Waals surface area (Å²) in [6.07, 6.45) is 4.08. The van der Waals surface area contributed by atoms with E-state index in [9.17, 15) is 14.5 Å². The highest BCUT2D eigenvalue weighted by Gasteiger charge is 2.41. The van der Waals surface area contributed by atoms with Gasteiger partial charge in [-0.2, -0.15) is 4.98 Å². The number of fused-ring (bicyclic) bond motifs is 4. The Bertz CT molecular complexity index is 1370. The predicted octanol–water partition coefficient (Wildman–Crippen LogP) is 2.54. The van der Waals surface area contributed by atoms with Crippen molar-refractivity contribution >= 4 is 45.4 Å². The van der Waals surface area contributed by atoms with Gasteiger partial charge in [-0.25, -0.2) is 4.98 Å². The number of nitrogens with zero attached hydrogens (tertiary/aromatic N) is 4. The van der Waals surface area contributed by atoms with E-state index >= 15 is 0 Å². The van der Waals surface area contributed by atoms with Crippen molar-refractivity contribution in [2.45, 2.75) is 49.1 Å². The van der Waals surface area contributed by atoms with Gasteiger partial charge in [0.2, 0.25) is 10.8 Å². The fourth-order valence-corrected chi connectivity index (χ4v) is 6.84. The molecule has 0 bridgehead atoms. The Morgan fingerprint density at radius 3 is 2.82 bits per heavy atom. The number of rotatable bonds is 4. The molecule has 0 unspecified atom stereocenters. The summed E-state index contributed by atoms with van der Waals surface area (Å²) >= 11 is 5.04. The second-order valence-electron chi connectivity index (χ2n) is 9.52. The van der Waals surface area contributed by atoms with Crippen LogP contribution >= 0.6 is 11.6 Å². The first-order chi connectivity index (χ1) is 16.4.